The van der Waals surface area contributed by atoms with Crippen molar-refractivity contribution in [2.24, 2.45) is 16.7 Å². The molecule has 0 aromatic heterocycles. The lowest BCUT2D eigenvalue weighted by Gasteiger charge is -2.46. The molecule has 0 bridgehead atoms. The minimum absolute atomic E-state index is 0.00421. The molecule has 3 heterocycles. The second-order valence-corrected chi connectivity index (χ2v) is 8.19. The first kappa shape index (κ1) is 17.2. The van der Waals surface area contributed by atoms with Crippen molar-refractivity contribution in [3.8, 4) is 0 Å². The lowest BCUT2D eigenvalue weighted by Crippen LogP contribution is -2.53. The molecule has 0 radical (unpaired) electrons. The molecule has 6 heteroatoms. The Balaban J connectivity index is 1.86. The largest absolute Gasteiger partial charge is 0.345 e. The third kappa shape index (κ3) is 2.33. The van der Waals surface area contributed by atoms with Gasteiger partial charge in [0, 0.05) is 58.0 Å². The number of amides is 3. The van der Waals surface area contributed by atoms with Gasteiger partial charge in [-0.1, -0.05) is 13.8 Å². The number of likely N-dealkylation sites (tertiary alicyclic amines) is 3. The molecule has 1 atom stereocenters. The maximum absolute atomic E-state index is 13.0. The first-order valence-corrected chi connectivity index (χ1v) is 9.02. The van der Waals surface area contributed by atoms with Gasteiger partial charge in [-0.2, -0.15) is 0 Å². The maximum atomic E-state index is 13.0. The zero-order valence-corrected chi connectivity index (χ0v) is 15.3. The van der Waals surface area contributed by atoms with E-state index >= 15 is 0 Å². The summed E-state index contributed by atoms with van der Waals surface area (Å²) in [6.45, 7) is 8.81. The van der Waals surface area contributed by atoms with Crippen LogP contribution in [0.1, 0.15) is 40.0 Å². The summed E-state index contributed by atoms with van der Waals surface area (Å²) < 4.78 is 0. The molecule has 3 amide bonds. The van der Waals surface area contributed by atoms with Crippen molar-refractivity contribution in [2.75, 3.05) is 39.8 Å². The molecule has 2 spiro atoms. The molecule has 0 N–H and O–H groups in total. The number of hydrogen-bond acceptors (Lipinski definition) is 3. The van der Waals surface area contributed by atoms with Crippen molar-refractivity contribution < 1.29 is 14.4 Å². The van der Waals surface area contributed by atoms with E-state index in [-0.39, 0.29) is 29.1 Å². The lowest BCUT2D eigenvalue weighted by atomic mass is 9.60. The van der Waals surface area contributed by atoms with Gasteiger partial charge in [-0.05, 0) is 19.3 Å². The monoisotopic (exact) mass is 335 g/mol. The standard InChI is InChI=1S/C18H29N3O3/c1-13(2)15(23)20-9-5-17(6-10-20)11-21(14(3)22)12-18(17)7-8-19(4)16(18)24/h13H,5-12H2,1-4H3. The van der Waals surface area contributed by atoms with E-state index < -0.39 is 5.41 Å². The van der Waals surface area contributed by atoms with Crippen LogP contribution in [0.15, 0.2) is 0 Å². The number of hydrogen-bond donors (Lipinski definition) is 0. The Hall–Kier alpha value is -1.59. The van der Waals surface area contributed by atoms with Crippen molar-refractivity contribution >= 4 is 17.7 Å². The molecule has 3 fully saturated rings. The van der Waals surface area contributed by atoms with Gasteiger partial charge in [-0.15, -0.1) is 0 Å². The predicted octanol–water partition coefficient (Wildman–Crippen LogP) is 0.962. The Kier molecular flexibility index (Phi) is 4.12. The highest BCUT2D eigenvalue weighted by Gasteiger charge is 2.65. The van der Waals surface area contributed by atoms with Crippen molar-refractivity contribution in [1.82, 2.24) is 14.7 Å². The van der Waals surface area contributed by atoms with Crippen LogP contribution in [-0.2, 0) is 14.4 Å². The van der Waals surface area contributed by atoms with Crippen LogP contribution in [-0.4, -0.2) is 72.2 Å². The first-order valence-electron chi connectivity index (χ1n) is 9.02. The molecule has 3 rings (SSSR count). The average Bonchev–Trinajstić information content (AvgIpc) is 3.01. The van der Waals surface area contributed by atoms with Gasteiger partial charge >= 0.3 is 0 Å². The van der Waals surface area contributed by atoms with Crippen molar-refractivity contribution in [1.29, 1.82) is 0 Å². The van der Waals surface area contributed by atoms with Crippen LogP contribution in [0.4, 0.5) is 0 Å². The zero-order chi connectivity index (χ0) is 17.7. The molecule has 0 aromatic rings. The Labute approximate surface area is 144 Å². The number of piperidine rings is 1. The Bertz CT molecular complexity index is 566. The highest BCUT2D eigenvalue weighted by molar-refractivity contribution is 5.88. The fourth-order valence-corrected chi connectivity index (χ4v) is 5.02. The van der Waals surface area contributed by atoms with Crippen molar-refractivity contribution in [2.45, 2.75) is 40.0 Å². The van der Waals surface area contributed by atoms with Gasteiger partial charge in [-0.25, -0.2) is 0 Å². The van der Waals surface area contributed by atoms with E-state index in [9.17, 15) is 14.4 Å². The van der Waals surface area contributed by atoms with E-state index in [1.807, 2.05) is 35.6 Å². The van der Waals surface area contributed by atoms with Crippen LogP contribution < -0.4 is 0 Å². The Morgan fingerprint density at radius 3 is 2.08 bits per heavy atom. The average molecular weight is 335 g/mol. The fraction of sp³-hybridized carbons (Fsp3) is 0.833. The number of fused-ring (bicyclic) bond motifs is 1. The number of carbonyl (C=O) groups is 3. The third-order valence-electron chi connectivity index (χ3n) is 6.57. The fourth-order valence-electron chi connectivity index (χ4n) is 5.02. The molecule has 6 nitrogen and oxygen atoms in total. The van der Waals surface area contributed by atoms with E-state index in [0.717, 1.165) is 25.8 Å². The predicted molar refractivity (Wildman–Crippen MR) is 90.0 cm³/mol. The summed E-state index contributed by atoms with van der Waals surface area (Å²) in [5.74, 6) is 0.434. The Morgan fingerprint density at radius 2 is 1.62 bits per heavy atom. The van der Waals surface area contributed by atoms with Crippen LogP contribution in [0.2, 0.25) is 0 Å². The third-order valence-corrected chi connectivity index (χ3v) is 6.57. The Morgan fingerprint density at radius 1 is 1.00 bits per heavy atom. The van der Waals surface area contributed by atoms with E-state index in [1.165, 1.54) is 0 Å². The quantitative estimate of drug-likeness (QED) is 0.717. The minimum atomic E-state index is -0.444. The van der Waals surface area contributed by atoms with E-state index in [4.69, 9.17) is 0 Å². The molecule has 3 aliphatic rings. The van der Waals surface area contributed by atoms with E-state index in [0.29, 0.717) is 26.2 Å². The second-order valence-electron chi connectivity index (χ2n) is 8.19. The molecule has 24 heavy (non-hydrogen) atoms. The molecule has 1 unspecified atom stereocenters. The number of nitrogens with zero attached hydrogens (tertiary/aromatic N) is 3. The summed E-state index contributed by atoms with van der Waals surface area (Å²) in [4.78, 5) is 42.9. The second kappa shape index (κ2) is 5.74. The molecule has 0 aliphatic carbocycles. The summed E-state index contributed by atoms with van der Waals surface area (Å²) in [7, 11) is 1.86. The molecule has 0 saturated carbocycles. The lowest BCUT2D eigenvalue weighted by molar-refractivity contribution is -0.144. The van der Waals surface area contributed by atoms with Gasteiger partial charge in [0.25, 0.3) is 0 Å². The highest BCUT2D eigenvalue weighted by atomic mass is 16.2. The van der Waals surface area contributed by atoms with Crippen LogP contribution in [0.5, 0.6) is 0 Å². The van der Waals surface area contributed by atoms with E-state index in [2.05, 4.69) is 0 Å². The first-order chi connectivity index (χ1) is 11.2. The minimum Gasteiger partial charge on any atom is -0.345 e. The molecule has 0 aromatic carbocycles. The summed E-state index contributed by atoms with van der Waals surface area (Å²) in [6, 6.07) is 0. The molecule has 3 saturated heterocycles. The summed E-state index contributed by atoms with van der Waals surface area (Å²) in [5, 5.41) is 0. The smallest absolute Gasteiger partial charge is 0.231 e. The topological polar surface area (TPSA) is 60.9 Å². The number of rotatable bonds is 1. The van der Waals surface area contributed by atoms with Crippen LogP contribution in [0.3, 0.4) is 0 Å². The normalized spacial score (nSPS) is 29.4. The van der Waals surface area contributed by atoms with Gasteiger partial charge in [0.1, 0.15) is 0 Å². The van der Waals surface area contributed by atoms with Gasteiger partial charge in [-0.3, -0.25) is 14.4 Å². The van der Waals surface area contributed by atoms with E-state index in [1.54, 1.807) is 6.92 Å². The van der Waals surface area contributed by atoms with Crippen molar-refractivity contribution in [3.63, 3.8) is 0 Å². The summed E-state index contributed by atoms with van der Waals surface area (Å²) in [6.07, 6.45) is 2.45. The van der Waals surface area contributed by atoms with Crippen LogP contribution in [0, 0.1) is 16.7 Å². The summed E-state index contributed by atoms with van der Waals surface area (Å²) in [5.41, 5.74) is -0.616. The molecule has 134 valence electrons. The van der Waals surface area contributed by atoms with Gasteiger partial charge in [0.05, 0.1) is 5.41 Å². The van der Waals surface area contributed by atoms with Crippen molar-refractivity contribution in [3.05, 3.63) is 0 Å². The highest BCUT2D eigenvalue weighted by Crippen LogP contribution is 2.57. The van der Waals surface area contributed by atoms with Crippen LogP contribution in [0.25, 0.3) is 0 Å². The number of carbonyl (C=O) groups excluding carboxylic acids is 3. The molecular weight excluding hydrogens is 306 g/mol. The van der Waals surface area contributed by atoms with Gasteiger partial charge in [0.15, 0.2) is 0 Å². The maximum Gasteiger partial charge on any atom is 0.231 e. The molecule has 3 aliphatic heterocycles. The molecular formula is C18H29N3O3. The van der Waals surface area contributed by atoms with Gasteiger partial charge in [0.2, 0.25) is 17.7 Å². The summed E-state index contributed by atoms with van der Waals surface area (Å²) >= 11 is 0. The zero-order valence-electron chi connectivity index (χ0n) is 15.3. The SMILES string of the molecule is CC(=O)N1CC2(CCN(C(=O)C(C)C)CC2)C2(CCN(C)C2=O)C1. The van der Waals surface area contributed by atoms with Crippen LogP contribution >= 0.6 is 0 Å². The van der Waals surface area contributed by atoms with Gasteiger partial charge < -0.3 is 14.7 Å².